The zero-order chi connectivity index (χ0) is 10.0. The summed E-state index contributed by atoms with van der Waals surface area (Å²) >= 11 is 0. The van der Waals surface area contributed by atoms with Crippen molar-refractivity contribution < 1.29 is 19.1 Å². The molecule has 13 heavy (non-hydrogen) atoms. The standard InChI is InChI=1S/C7H10N2O4/c1-3(10)8-4-5(7(12)13-2)9-6(4)11/h4-5H,1-2H3,(H,8,10)(H,9,11)/t4-,5-/m1/s1. The highest BCUT2D eigenvalue weighted by molar-refractivity contribution is 6.01. The van der Waals surface area contributed by atoms with Gasteiger partial charge in [0.05, 0.1) is 7.11 Å². The smallest absolute Gasteiger partial charge is 0.331 e. The first-order valence-corrected chi connectivity index (χ1v) is 3.71. The molecule has 2 amide bonds. The van der Waals surface area contributed by atoms with Crippen LogP contribution in [0, 0.1) is 0 Å². The van der Waals surface area contributed by atoms with Crippen LogP contribution in [0.3, 0.4) is 0 Å². The van der Waals surface area contributed by atoms with Gasteiger partial charge in [-0.3, -0.25) is 9.59 Å². The lowest BCUT2D eigenvalue weighted by atomic mass is 9.99. The maximum atomic E-state index is 10.9. The van der Waals surface area contributed by atoms with E-state index < -0.39 is 18.1 Å². The molecule has 72 valence electrons. The Labute approximate surface area is 74.6 Å². The Bertz CT molecular complexity index is 263. The zero-order valence-corrected chi connectivity index (χ0v) is 7.29. The Morgan fingerprint density at radius 3 is 2.54 bits per heavy atom. The van der Waals surface area contributed by atoms with E-state index in [1.165, 1.54) is 14.0 Å². The average molecular weight is 186 g/mol. The quantitative estimate of drug-likeness (QED) is 0.392. The fourth-order valence-corrected chi connectivity index (χ4v) is 1.07. The lowest BCUT2D eigenvalue weighted by Gasteiger charge is -2.34. The van der Waals surface area contributed by atoms with Gasteiger partial charge in [0.25, 0.3) is 0 Å². The summed E-state index contributed by atoms with van der Waals surface area (Å²) in [6.45, 7) is 1.28. The number of hydrogen-bond donors (Lipinski definition) is 2. The van der Waals surface area contributed by atoms with Crippen LogP contribution in [-0.2, 0) is 19.1 Å². The Morgan fingerprint density at radius 1 is 1.54 bits per heavy atom. The molecule has 1 aliphatic heterocycles. The molecule has 0 unspecified atom stereocenters. The van der Waals surface area contributed by atoms with Gasteiger partial charge in [-0.25, -0.2) is 4.79 Å². The van der Waals surface area contributed by atoms with Crippen LogP contribution in [0.25, 0.3) is 0 Å². The summed E-state index contributed by atoms with van der Waals surface area (Å²) in [5.74, 6) is -1.28. The minimum absolute atomic E-state index is 0.353. The lowest BCUT2D eigenvalue weighted by Crippen LogP contribution is -2.71. The SMILES string of the molecule is COC(=O)[C@@H]1NC(=O)[C@@H]1NC(C)=O. The van der Waals surface area contributed by atoms with Crippen molar-refractivity contribution in [3.8, 4) is 0 Å². The van der Waals surface area contributed by atoms with Gasteiger partial charge >= 0.3 is 5.97 Å². The third-order valence-electron chi connectivity index (χ3n) is 1.73. The van der Waals surface area contributed by atoms with Crippen molar-refractivity contribution in [1.82, 2.24) is 10.6 Å². The fourth-order valence-electron chi connectivity index (χ4n) is 1.07. The van der Waals surface area contributed by atoms with E-state index in [1.54, 1.807) is 0 Å². The summed E-state index contributed by atoms with van der Waals surface area (Å²) in [7, 11) is 1.22. The molecule has 1 heterocycles. The second kappa shape index (κ2) is 3.42. The predicted molar refractivity (Wildman–Crippen MR) is 41.6 cm³/mol. The van der Waals surface area contributed by atoms with Gasteiger partial charge in [0.15, 0.2) is 6.04 Å². The monoisotopic (exact) mass is 186 g/mol. The van der Waals surface area contributed by atoms with E-state index >= 15 is 0 Å². The number of ether oxygens (including phenoxy) is 1. The van der Waals surface area contributed by atoms with Crippen molar-refractivity contribution in [3.63, 3.8) is 0 Å². The summed E-state index contributed by atoms with van der Waals surface area (Å²) in [4.78, 5) is 32.4. The molecular weight excluding hydrogens is 176 g/mol. The van der Waals surface area contributed by atoms with Crippen molar-refractivity contribution in [2.45, 2.75) is 19.0 Å². The summed E-state index contributed by atoms with van der Waals surface area (Å²) in [5.41, 5.74) is 0. The first-order valence-electron chi connectivity index (χ1n) is 3.71. The van der Waals surface area contributed by atoms with E-state index in [2.05, 4.69) is 15.4 Å². The number of hydrogen-bond acceptors (Lipinski definition) is 4. The number of methoxy groups -OCH3 is 1. The zero-order valence-electron chi connectivity index (χ0n) is 7.29. The highest BCUT2D eigenvalue weighted by Gasteiger charge is 2.45. The van der Waals surface area contributed by atoms with Gasteiger partial charge in [0.2, 0.25) is 11.8 Å². The molecule has 2 N–H and O–H groups in total. The van der Waals surface area contributed by atoms with Crippen LogP contribution in [0.15, 0.2) is 0 Å². The molecular formula is C7H10N2O4. The van der Waals surface area contributed by atoms with Crippen molar-refractivity contribution in [3.05, 3.63) is 0 Å². The second-order valence-electron chi connectivity index (χ2n) is 2.69. The van der Waals surface area contributed by atoms with Crippen LogP contribution in [0.5, 0.6) is 0 Å². The number of carbonyl (C=O) groups excluding carboxylic acids is 3. The minimum Gasteiger partial charge on any atom is -0.467 e. The summed E-state index contributed by atoms with van der Waals surface area (Å²) in [6, 6.07) is -1.54. The lowest BCUT2D eigenvalue weighted by molar-refractivity contribution is -0.153. The molecule has 0 saturated carbocycles. The number of rotatable bonds is 2. The van der Waals surface area contributed by atoms with Gasteiger partial charge in [-0.1, -0.05) is 0 Å². The summed E-state index contributed by atoms with van der Waals surface area (Å²) in [5, 5.41) is 4.66. The van der Waals surface area contributed by atoms with E-state index in [0.717, 1.165) is 0 Å². The average Bonchev–Trinajstić information content (AvgIpc) is 2.09. The highest BCUT2D eigenvalue weighted by atomic mass is 16.5. The predicted octanol–water partition coefficient (Wildman–Crippen LogP) is -1.84. The van der Waals surface area contributed by atoms with E-state index in [-0.39, 0.29) is 11.8 Å². The molecule has 2 atom stereocenters. The van der Waals surface area contributed by atoms with E-state index in [9.17, 15) is 14.4 Å². The van der Waals surface area contributed by atoms with Gasteiger partial charge in [0.1, 0.15) is 6.04 Å². The normalized spacial score (nSPS) is 25.5. The first kappa shape index (κ1) is 9.50. The molecule has 0 aliphatic carbocycles. The first-order chi connectivity index (χ1) is 6.06. The van der Waals surface area contributed by atoms with E-state index in [1.807, 2.05) is 0 Å². The van der Waals surface area contributed by atoms with Crippen molar-refractivity contribution >= 4 is 17.8 Å². The Morgan fingerprint density at radius 2 is 2.15 bits per heavy atom. The molecule has 6 heteroatoms. The van der Waals surface area contributed by atoms with Crippen LogP contribution in [-0.4, -0.2) is 37.0 Å². The third kappa shape index (κ3) is 1.77. The molecule has 6 nitrogen and oxygen atoms in total. The van der Waals surface area contributed by atoms with Crippen molar-refractivity contribution in [2.75, 3.05) is 7.11 Å². The molecule has 1 fully saturated rings. The Balaban J connectivity index is 2.56. The van der Waals surface area contributed by atoms with Gasteiger partial charge in [-0.05, 0) is 0 Å². The third-order valence-corrected chi connectivity index (χ3v) is 1.73. The van der Waals surface area contributed by atoms with Gasteiger partial charge in [0, 0.05) is 6.92 Å². The molecule has 0 aromatic heterocycles. The van der Waals surface area contributed by atoms with Crippen LogP contribution in [0.2, 0.25) is 0 Å². The molecule has 1 saturated heterocycles. The molecule has 0 aromatic rings. The van der Waals surface area contributed by atoms with Crippen molar-refractivity contribution in [1.29, 1.82) is 0 Å². The molecule has 1 aliphatic rings. The van der Waals surface area contributed by atoms with Crippen LogP contribution < -0.4 is 10.6 Å². The number of esters is 1. The number of β-lactam (4-membered cyclic amide) rings is 1. The number of nitrogens with one attached hydrogen (secondary N) is 2. The fraction of sp³-hybridized carbons (Fsp3) is 0.571. The second-order valence-corrected chi connectivity index (χ2v) is 2.69. The number of carbonyl (C=O) groups is 3. The number of amides is 2. The maximum Gasteiger partial charge on any atom is 0.331 e. The summed E-state index contributed by atoms with van der Waals surface area (Å²) < 4.78 is 4.41. The van der Waals surface area contributed by atoms with Crippen molar-refractivity contribution in [2.24, 2.45) is 0 Å². The van der Waals surface area contributed by atoms with E-state index in [0.29, 0.717) is 0 Å². The van der Waals surface area contributed by atoms with Crippen LogP contribution >= 0.6 is 0 Å². The Hall–Kier alpha value is -1.59. The highest BCUT2D eigenvalue weighted by Crippen LogP contribution is 2.07. The van der Waals surface area contributed by atoms with Crippen LogP contribution in [0.4, 0.5) is 0 Å². The Kier molecular flexibility index (Phi) is 2.50. The maximum absolute atomic E-state index is 10.9. The molecule has 0 radical (unpaired) electrons. The molecule has 0 aromatic carbocycles. The molecule has 0 spiro atoms. The van der Waals surface area contributed by atoms with Gasteiger partial charge in [-0.2, -0.15) is 0 Å². The largest absolute Gasteiger partial charge is 0.467 e. The van der Waals surface area contributed by atoms with E-state index in [4.69, 9.17) is 0 Å². The van der Waals surface area contributed by atoms with Crippen LogP contribution in [0.1, 0.15) is 6.92 Å². The topological polar surface area (TPSA) is 84.5 Å². The minimum atomic E-state index is -0.787. The van der Waals surface area contributed by atoms with Gasteiger partial charge < -0.3 is 15.4 Å². The molecule has 0 bridgehead atoms. The summed E-state index contributed by atoms with van der Waals surface area (Å²) in [6.07, 6.45) is 0. The molecule has 1 rings (SSSR count). The van der Waals surface area contributed by atoms with Gasteiger partial charge in [-0.15, -0.1) is 0 Å².